The van der Waals surface area contributed by atoms with E-state index < -0.39 is 0 Å². The average molecular weight is 260 g/mol. The fraction of sp³-hybridized carbons (Fsp3) is 0.583. The molecule has 1 aromatic heterocycles. The van der Waals surface area contributed by atoms with Crippen molar-refractivity contribution in [3.63, 3.8) is 0 Å². The summed E-state index contributed by atoms with van der Waals surface area (Å²) in [7, 11) is 0. The van der Waals surface area contributed by atoms with E-state index in [1.807, 2.05) is 13.0 Å². The number of nitrogens with one attached hydrogen (secondary N) is 1. The predicted molar refractivity (Wildman–Crippen MR) is 70.2 cm³/mol. The van der Waals surface area contributed by atoms with E-state index in [0.29, 0.717) is 12.3 Å². The van der Waals surface area contributed by atoms with Crippen LogP contribution in [-0.4, -0.2) is 17.8 Å². The SMILES string of the molecule is CCC(CCl)NC(=O)CCCc1cccs1. The number of rotatable bonds is 7. The summed E-state index contributed by atoms with van der Waals surface area (Å²) in [6.07, 6.45) is 3.37. The van der Waals surface area contributed by atoms with Gasteiger partial charge >= 0.3 is 0 Å². The highest BCUT2D eigenvalue weighted by Crippen LogP contribution is 2.11. The molecule has 1 rings (SSSR count). The minimum Gasteiger partial charge on any atom is -0.352 e. The van der Waals surface area contributed by atoms with Gasteiger partial charge in [0.05, 0.1) is 0 Å². The molecule has 1 aromatic rings. The molecule has 0 aromatic carbocycles. The zero-order chi connectivity index (χ0) is 11.8. The Balaban J connectivity index is 2.15. The highest BCUT2D eigenvalue weighted by Gasteiger charge is 2.08. The van der Waals surface area contributed by atoms with Crippen molar-refractivity contribution in [3.8, 4) is 0 Å². The highest BCUT2D eigenvalue weighted by molar-refractivity contribution is 7.09. The fourth-order valence-electron chi connectivity index (χ4n) is 1.43. The van der Waals surface area contributed by atoms with Crippen LogP contribution < -0.4 is 5.32 Å². The number of carbonyl (C=O) groups excluding carboxylic acids is 1. The van der Waals surface area contributed by atoms with Gasteiger partial charge in [-0.3, -0.25) is 4.79 Å². The molecule has 0 spiro atoms. The average Bonchev–Trinajstić information content (AvgIpc) is 2.79. The number of thiophene rings is 1. The summed E-state index contributed by atoms with van der Waals surface area (Å²) in [4.78, 5) is 12.9. The summed E-state index contributed by atoms with van der Waals surface area (Å²) in [6, 6.07) is 4.27. The summed E-state index contributed by atoms with van der Waals surface area (Å²) in [5.41, 5.74) is 0. The Bertz CT molecular complexity index is 296. The standard InChI is InChI=1S/C12H18ClNOS/c1-2-10(9-13)14-12(15)7-3-5-11-6-4-8-16-11/h4,6,8,10H,2-3,5,7,9H2,1H3,(H,14,15). The monoisotopic (exact) mass is 259 g/mol. The van der Waals surface area contributed by atoms with Crippen LogP contribution in [0.25, 0.3) is 0 Å². The number of alkyl halides is 1. The number of hydrogen-bond donors (Lipinski definition) is 1. The first-order valence-electron chi connectivity index (χ1n) is 5.64. The minimum atomic E-state index is 0.115. The maximum Gasteiger partial charge on any atom is 0.220 e. The Labute approximate surface area is 106 Å². The van der Waals surface area contributed by atoms with Crippen LogP contribution in [0.2, 0.25) is 0 Å². The second-order valence-electron chi connectivity index (χ2n) is 3.76. The van der Waals surface area contributed by atoms with E-state index in [1.165, 1.54) is 4.88 Å². The van der Waals surface area contributed by atoms with Crippen molar-refractivity contribution in [1.82, 2.24) is 5.32 Å². The number of aryl methyl sites for hydroxylation is 1. The molecule has 0 aliphatic heterocycles. The first kappa shape index (κ1) is 13.5. The van der Waals surface area contributed by atoms with Crippen molar-refractivity contribution < 1.29 is 4.79 Å². The summed E-state index contributed by atoms with van der Waals surface area (Å²) in [5.74, 6) is 0.608. The maximum absolute atomic E-state index is 11.5. The number of hydrogen-bond acceptors (Lipinski definition) is 2. The van der Waals surface area contributed by atoms with Gasteiger partial charge in [0, 0.05) is 23.2 Å². The molecule has 1 heterocycles. The van der Waals surface area contributed by atoms with Gasteiger partial charge in [-0.2, -0.15) is 0 Å². The zero-order valence-electron chi connectivity index (χ0n) is 9.54. The van der Waals surface area contributed by atoms with Crippen molar-refractivity contribution in [2.75, 3.05) is 5.88 Å². The van der Waals surface area contributed by atoms with Crippen LogP contribution in [0.3, 0.4) is 0 Å². The van der Waals surface area contributed by atoms with Crippen LogP contribution in [0.4, 0.5) is 0 Å². The minimum absolute atomic E-state index is 0.115. The molecule has 2 nitrogen and oxygen atoms in total. The number of amides is 1. The van der Waals surface area contributed by atoms with Crippen LogP contribution in [0, 0.1) is 0 Å². The van der Waals surface area contributed by atoms with Gasteiger partial charge in [0.25, 0.3) is 0 Å². The van der Waals surface area contributed by atoms with Crippen LogP contribution >= 0.6 is 22.9 Å². The third-order valence-corrected chi connectivity index (χ3v) is 3.76. The van der Waals surface area contributed by atoms with Gasteiger partial charge in [-0.1, -0.05) is 13.0 Å². The van der Waals surface area contributed by atoms with E-state index in [4.69, 9.17) is 11.6 Å². The summed E-state index contributed by atoms with van der Waals surface area (Å²) >= 11 is 7.46. The van der Waals surface area contributed by atoms with Gasteiger partial charge < -0.3 is 5.32 Å². The number of carbonyl (C=O) groups is 1. The maximum atomic E-state index is 11.5. The molecule has 0 fully saturated rings. The first-order chi connectivity index (χ1) is 7.76. The molecule has 16 heavy (non-hydrogen) atoms. The lowest BCUT2D eigenvalue weighted by atomic mass is 10.2. The summed E-state index contributed by atoms with van der Waals surface area (Å²) in [5, 5.41) is 4.99. The second-order valence-corrected chi connectivity index (χ2v) is 5.10. The Morgan fingerprint density at radius 3 is 3.00 bits per heavy atom. The van der Waals surface area contributed by atoms with E-state index in [1.54, 1.807) is 11.3 Å². The smallest absolute Gasteiger partial charge is 0.220 e. The Morgan fingerprint density at radius 1 is 1.62 bits per heavy atom. The van der Waals surface area contributed by atoms with Crippen LogP contribution in [-0.2, 0) is 11.2 Å². The van der Waals surface area contributed by atoms with Gasteiger partial charge in [-0.05, 0) is 30.7 Å². The van der Waals surface area contributed by atoms with Crippen molar-refractivity contribution >= 4 is 28.8 Å². The van der Waals surface area contributed by atoms with Crippen LogP contribution in [0.5, 0.6) is 0 Å². The summed E-state index contributed by atoms with van der Waals surface area (Å²) in [6.45, 7) is 2.03. The Morgan fingerprint density at radius 2 is 2.44 bits per heavy atom. The molecule has 1 N–H and O–H groups in total. The molecule has 0 bridgehead atoms. The fourth-order valence-corrected chi connectivity index (χ4v) is 2.47. The van der Waals surface area contributed by atoms with Crippen LogP contribution in [0.15, 0.2) is 17.5 Å². The summed E-state index contributed by atoms with van der Waals surface area (Å²) < 4.78 is 0. The zero-order valence-corrected chi connectivity index (χ0v) is 11.1. The molecule has 0 radical (unpaired) electrons. The molecular formula is C12H18ClNOS. The molecule has 1 atom stereocenters. The third kappa shape index (κ3) is 4.99. The molecule has 0 aliphatic rings. The quantitative estimate of drug-likeness (QED) is 0.749. The third-order valence-electron chi connectivity index (χ3n) is 2.45. The van der Waals surface area contributed by atoms with E-state index in [0.717, 1.165) is 19.3 Å². The largest absolute Gasteiger partial charge is 0.352 e. The first-order valence-corrected chi connectivity index (χ1v) is 7.05. The van der Waals surface area contributed by atoms with Gasteiger partial charge in [-0.25, -0.2) is 0 Å². The van der Waals surface area contributed by atoms with E-state index in [9.17, 15) is 4.79 Å². The topological polar surface area (TPSA) is 29.1 Å². The van der Waals surface area contributed by atoms with E-state index >= 15 is 0 Å². The lowest BCUT2D eigenvalue weighted by Crippen LogP contribution is -2.35. The molecule has 4 heteroatoms. The molecule has 1 amide bonds. The van der Waals surface area contributed by atoms with Crippen molar-refractivity contribution in [1.29, 1.82) is 0 Å². The number of halogens is 1. The molecule has 1 unspecified atom stereocenters. The van der Waals surface area contributed by atoms with Crippen molar-refractivity contribution in [2.45, 2.75) is 38.6 Å². The van der Waals surface area contributed by atoms with Gasteiger partial charge in [0.2, 0.25) is 5.91 Å². The van der Waals surface area contributed by atoms with Gasteiger partial charge in [0.15, 0.2) is 0 Å². The van der Waals surface area contributed by atoms with Crippen LogP contribution in [0.1, 0.15) is 31.1 Å². The van der Waals surface area contributed by atoms with E-state index in [-0.39, 0.29) is 11.9 Å². The van der Waals surface area contributed by atoms with E-state index in [2.05, 4.69) is 16.8 Å². The Kier molecular flexibility index (Phi) is 6.50. The van der Waals surface area contributed by atoms with Gasteiger partial charge in [0.1, 0.15) is 0 Å². The second kappa shape index (κ2) is 7.69. The molecule has 0 saturated carbocycles. The predicted octanol–water partition coefficient (Wildman–Crippen LogP) is 3.20. The lowest BCUT2D eigenvalue weighted by molar-refractivity contribution is -0.121. The lowest BCUT2D eigenvalue weighted by Gasteiger charge is -2.13. The Hall–Kier alpha value is -0.540. The molecular weight excluding hydrogens is 242 g/mol. The normalized spacial score (nSPS) is 12.4. The van der Waals surface area contributed by atoms with Crippen molar-refractivity contribution in [2.24, 2.45) is 0 Å². The van der Waals surface area contributed by atoms with Gasteiger partial charge in [-0.15, -0.1) is 22.9 Å². The van der Waals surface area contributed by atoms with Crippen molar-refractivity contribution in [3.05, 3.63) is 22.4 Å². The molecule has 90 valence electrons. The highest BCUT2D eigenvalue weighted by atomic mass is 35.5. The molecule has 0 aliphatic carbocycles. The molecule has 0 saturated heterocycles.